The summed E-state index contributed by atoms with van der Waals surface area (Å²) in [5.74, 6) is 1.25. The van der Waals surface area contributed by atoms with Crippen LogP contribution in [-0.2, 0) is 4.74 Å². The molecule has 0 spiro atoms. The van der Waals surface area contributed by atoms with Crippen molar-refractivity contribution in [2.45, 2.75) is 33.7 Å². The molecule has 1 saturated heterocycles. The molecule has 19 heavy (non-hydrogen) atoms. The minimum absolute atomic E-state index is 0.456. The summed E-state index contributed by atoms with van der Waals surface area (Å²) in [6.07, 6.45) is 0. The number of ether oxygens (including phenoxy) is 1. The molecule has 1 rings (SSSR count). The van der Waals surface area contributed by atoms with Crippen LogP contribution in [0.1, 0.15) is 27.7 Å². The third-order valence-corrected chi connectivity index (χ3v) is 3.81. The molecule has 1 fully saturated rings. The zero-order valence-corrected chi connectivity index (χ0v) is 12.9. The Labute approximate surface area is 117 Å². The van der Waals surface area contributed by atoms with Crippen molar-refractivity contribution in [3.8, 4) is 0 Å². The first-order chi connectivity index (χ1) is 9.10. The molecule has 0 amide bonds. The highest BCUT2D eigenvalue weighted by Crippen LogP contribution is 2.13. The molecule has 1 atom stereocenters. The van der Waals surface area contributed by atoms with Gasteiger partial charge in [0.2, 0.25) is 0 Å². The number of hydrogen-bond donors (Lipinski definition) is 1. The van der Waals surface area contributed by atoms with Gasteiger partial charge in [0.1, 0.15) is 0 Å². The Morgan fingerprint density at radius 2 is 1.84 bits per heavy atom. The van der Waals surface area contributed by atoms with Gasteiger partial charge in [-0.05, 0) is 19.8 Å². The second kappa shape index (κ2) is 8.38. The number of nitrogens with zero attached hydrogens (tertiary/aromatic N) is 3. The zero-order valence-electron chi connectivity index (χ0n) is 12.9. The lowest BCUT2D eigenvalue weighted by Crippen LogP contribution is -2.48. The van der Waals surface area contributed by atoms with E-state index in [1.165, 1.54) is 0 Å². The summed E-state index contributed by atoms with van der Waals surface area (Å²) >= 11 is 0. The predicted molar refractivity (Wildman–Crippen MR) is 80.4 cm³/mol. The highest BCUT2D eigenvalue weighted by Gasteiger charge is 2.23. The highest BCUT2D eigenvalue weighted by atomic mass is 16.5. The number of hydrogen-bond acceptors (Lipinski definition) is 3. The van der Waals surface area contributed by atoms with Gasteiger partial charge in [-0.2, -0.15) is 0 Å². The van der Waals surface area contributed by atoms with Crippen LogP contribution in [0, 0.1) is 5.92 Å². The van der Waals surface area contributed by atoms with E-state index >= 15 is 0 Å². The third-order valence-electron chi connectivity index (χ3n) is 3.81. The summed E-state index contributed by atoms with van der Waals surface area (Å²) in [4.78, 5) is 9.17. The molecular weight excluding hydrogens is 240 g/mol. The Kier molecular flexibility index (Phi) is 7.16. The Balaban J connectivity index is 2.60. The molecule has 0 aromatic rings. The summed E-state index contributed by atoms with van der Waals surface area (Å²) in [7, 11) is 0. The Hall–Kier alpha value is -0.810. The van der Waals surface area contributed by atoms with Gasteiger partial charge >= 0.3 is 0 Å². The normalized spacial score (nSPS) is 19.7. The fourth-order valence-electron chi connectivity index (χ4n) is 2.49. The molecule has 112 valence electrons. The van der Waals surface area contributed by atoms with Crippen molar-refractivity contribution in [3.05, 3.63) is 0 Å². The van der Waals surface area contributed by atoms with E-state index in [2.05, 4.69) is 42.5 Å². The Morgan fingerprint density at radius 1 is 1.26 bits per heavy atom. The zero-order chi connectivity index (χ0) is 14.3. The van der Waals surface area contributed by atoms with E-state index in [1.54, 1.807) is 0 Å². The highest BCUT2D eigenvalue weighted by molar-refractivity contribution is 5.78. The molecule has 0 bridgehead atoms. The van der Waals surface area contributed by atoms with Crippen LogP contribution in [0.25, 0.3) is 0 Å². The molecular formula is C14H30N4O. The molecule has 0 aromatic carbocycles. The molecule has 1 heterocycles. The SMILES string of the molecule is CCN(CC)C(N)=NCC(C(C)C)N1CCOCC1. The van der Waals surface area contributed by atoms with Gasteiger partial charge in [0.25, 0.3) is 0 Å². The summed E-state index contributed by atoms with van der Waals surface area (Å²) in [5, 5.41) is 0. The van der Waals surface area contributed by atoms with E-state index in [0.717, 1.165) is 45.9 Å². The van der Waals surface area contributed by atoms with E-state index < -0.39 is 0 Å². The number of nitrogens with two attached hydrogens (primary N) is 1. The van der Waals surface area contributed by atoms with E-state index in [4.69, 9.17) is 10.5 Å². The van der Waals surface area contributed by atoms with Crippen molar-refractivity contribution < 1.29 is 4.74 Å². The van der Waals surface area contributed by atoms with E-state index in [9.17, 15) is 0 Å². The maximum absolute atomic E-state index is 6.05. The van der Waals surface area contributed by atoms with Crippen LogP contribution in [0.4, 0.5) is 0 Å². The largest absolute Gasteiger partial charge is 0.379 e. The lowest BCUT2D eigenvalue weighted by Gasteiger charge is -2.36. The first-order valence-corrected chi connectivity index (χ1v) is 7.46. The van der Waals surface area contributed by atoms with Gasteiger partial charge in [-0.15, -0.1) is 0 Å². The van der Waals surface area contributed by atoms with Crippen molar-refractivity contribution in [1.29, 1.82) is 0 Å². The summed E-state index contributed by atoms with van der Waals surface area (Å²) in [5.41, 5.74) is 6.05. The number of rotatable bonds is 6. The topological polar surface area (TPSA) is 54.1 Å². The van der Waals surface area contributed by atoms with Gasteiger partial charge < -0.3 is 15.4 Å². The molecule has 2 N–H and O–H groups in total. The smallest absolute Gasteiger partial charge is 0.191 e. The first kappa shape index (κ1) is 16.2. The van der Waals surface area contributed by atoms with Gasteiger partial charge in [-0.3, -0.25) is 9.89 Å². The molecule has 0 radical (unpaired) electrons. The van der Waals surface area contributed by atoms with E-state index in [-0.39, 0.29) is 0 Å². The van der Waals surface area contributed by atoms with Crippen molar-refractivity contribution in [2.24, 2.45) is 16.6 Å². The molecule has 0 aromatic heterocycles. The molecule has 1 aliphatic rings. The van der Waals surface area contributed by atoms with Crippen LogP contribution in [0.3, 0.4) is 0 Å². The molecule has 0 saturated carbocycles. The second-order valence-electron chi connectivity index (χ2n) is 5.33. The Morgan fingerprint density at radius 3 is 2.32 bits per heavy atom. The minimum atomic E-state index is 0.456. The molecule has 5 nitrogen and oxygen atoms in total. The van der Waals surface area contributed by atoms with Crippen molar-refractivity contribution >= 4 is 5.96 Å². The first-order valence-electron chi connectivity index (χ1n) is 7.46. The van der Waals surface area contributed by atoms with E-state index in [0.29, 0.717) is 17.9 Å². The second-order valence-corrected chi connectivity index (χ2v) is 5.33. The maximum atomic E-state index is 6.05. The van der Waals surface area contributed by atoms with Crippen molar-refractivity contribution in [1.82, 2.24) is 9.80 Å². The van der Waals surface area contributed by atoms with Crippen molar-refractivity contribution in [2.75, 3.05) is 45.9 Å². The lowest BCUT2D eigenvalue weighted by atomic mass is 10.0. The monoisotopic (exact) mass is 270 g/mol. The molecule has 5 heteroatoms. The van der Waals surface area contributed by atoms with Gasteiger partial charge in [-0.1, -0.05) is 13.8 Å². The van der Waals surface area contributed by atoms with Gasteiger partial charge in [0.15, 0.2) is 5.96 Å². The standard InChI is InChI=1S/C14H30N4O/c1-5-17(6-2)14(15)16-11-13(12(3)4)18-7-9-19-10-8-18/h12-13H,5-11H2,1-4H3,(H2,15,16). The van der Waals surface area contributed by atoms with Crippen LogP contribution < -0.4 is 5.73 Å². The molecule has 1 aliphatic heterocycles. The fraction of sp³-hybridized carbons (Fsp3) is 0.929. The fourth-order valence-corrected chi connectivity index (χ4v) is 2.49. The van der Waals surface area contributed by atoms with Crippen LogP contribution >= 0.6 is 0 Å². The number of morpholine rings is 1. The maximum Gasteiger partial charge on any atom is 0.191 e. The number of guanidine groups is 1. The van der Waals surface area contributed by atoms with Crippen LogP contribution in [-0.4, -0.2) is 67.7 Å². The van der Waals surface area contributed by atoms with Crippen LogP contribution in [0.2, 0.25) is 0 Å². The summed E-state index contributed by atoms with van der Waals surface area (Å²) < 4.78 is 5.42. The quantitative estimate of drug-likeness (QED) is 0.578. The van der Waals surface area contributed by atoms with Crippen LogP contribution in [0.15, 0.2) is 4.99 Å². The average Bonchev–Trinajstić information content (AvgIpc) is 2.41. The predicted octanol–water partition coefficient (Wildman–Crippen LogP) is 1.000. The van der Waals surface area contributed by atoms with Gasteiger partial charge in [0.05, 0.1) is 19.8 Å². The Bertz CT molecular complexity index is 271. The summed E-state index contributed by atoms with van der Waals surface area (Å²) in [6, 6.07) is 0.456. The average molecular weight is 270 g/mol. The minimum Gasteiger partial charge on any atom is -0.379 e. The molecule has 1 unspecified atom stereocenters. The molecule has 0 aliphatic carbocycles. The lowest BCUT2D eigenvalue weighted by molar-refractivity contribution is 0.00864. The van der Waals surface area contributed by atoms with E-state index in [1.807, 2.05) is 0 Å². The van der Waals surface area contributed by atoms with Crippen LogP contribution in [0.5, 0.6) is 0 Å². The third kappa shape index (κ3) is 4.99. The number of aliphatic imine (C=N–C) groups is 1. The van der Waals surface area contributed by atoms with Crippen molar-refractivity contribution in [3.63, 3.8) is 0 Å². The summed E-state index contributed by atoms with van der Waals surface area (Å²) in [6.45, 7) is 15.0. The van der Waals surface area contributed by atoms with Gasteiger partial charge in [0, 0.05) is 32.2 Å². The van der Waals surface area contributed by atoms with Gasteiger partial charge in [-0.25, -0.2) is 0 Å².